The SMILES string of the molecule is [2H]CC(C)CC(=O)N(CCC(=O)NCCS)C(=O)[C@H](O)C(C)(C)CO. The fourth-order valence-corrected chi connectivity index (χ4v) is 1.94. The Kier molecular flexibility index (Phi) is 9.31. The molecule has 0 aliphatic carbocycles. The predicted molar refractivity (Wildman–Crippen MR) is 94.5 cm³/mol. The van der Waals surface area contributed by atoms with Gasteiger partial charge in [0.25, 0.3) is 5.91 Å². The van der Waals surface area contributed by atoms with E-state index in [1.807, 2.05) is 0 Å². The van der Waals surface area contributed by atoms with Crippen molar-refractivity contribution < 1.29 is 26.0 Å². The van der Waals surface area contributed by atoms with Crippen LogP contribution < -0.4 is 5.32 Å². The Morgan fingerprint density at radius 3 is 2.50 bits per heavy atom. The highest BCUT2D eigenvalue weighted by Gasteiger charge is 2.37. The largest absolute Gasteiger partial charge is 0.396 e. The van der Waals surface area contributed by atoms with Gasteiger partial charge in [0, 0.05) is 38.5 Å². The molecule has 140 valence electrons. The molecule has 0 saturated carbocycles. The van der Waals surface area contributed by atoms with E-state index >= 15 is 0 Å². The van der Waals surface area contributed by atoms with Crippen molar-refractivity contribution in [2.24, 2.45) is 11.3 Å². The smallest absolute Gasteiger partial charge is 0.258 e. The van der Waals surface area contributed by atoms with Crippen LogP contribution in [-0.4, -0.2) is 64.4 Å². The van der Waals surface area contributed by atoms with Crippen LogP contribution in [-0.2, 0) is 14.4 Å². The summed E-state index contributed by atoms with van der Waals surface area (Å²) in [7, 11) is 0. The highest BCUT2D eigenvalue weighted by Crippen LogP contribution is 2.22. The molecule has 3 amide bonds. The number of imide groups is 1. The molecule has 24 heavy (non-hydrogen) atoms. The maximum absolute atomic E-state index is 12.5. The molecule has 8 heteroatoms. The monoisotopic (exact) mass is 363 g/mol. The maximum atomic E-state index is 12.5. The van der Waals surface area contributed by atoms with Crippen molar-refractivity contribution in [2.45, 2.75) is 46.6 Å². The molecular weight excluding hydrogens is 332 g/mol. The summed E-state index contributed by atoms with van der Waals surface area (Å²) in [5.74, 6) is -1.49. The quantitative estimate of drug-likeness (QED) is 0.415. The average Bonchev–Trinajstić information content (AvgIpc) is 2.58. The van der Waals surface area contributed by atoms with Gasteiger partial charge in [-0.1, -0.05) is 27.7 Å². The summed E-state index contributed by atoms with van der Waals surface area (Å²) in [6.45, 7) is 4.52. The van der Waals surface area contributed by atoms with Gasteiger partial charge in [-0.25, -0.2) is 0 Å². The molecule has 0 rings (SSSR count). The van der Waals surface area contributed by atoms with Crippen molar-refractivity contribution in [3.8, 4) is 0 Å². The molecule has 0 aliphatic rings. The van der Waals surface area contributed by atoms with E-state index in [0.29, 0.717) is 12.3 Å². The first-order chi connectivity index (χ1) is 11.6. The molecule has 0 aliphatic heterocycles. The highest BCUT2D eigenvalue weighted by molar-refractivity contribution is 7.80. The number of hydrogen-bond donors (Lipinski definition) is 4. The van der Waals surface area contributed by atoms with Crippen LogP contribution in [0.25, 0.3) is 0 Å². The summed E-state index contributed by atoms with van der Waals surface area (Å²) < 4.78 is 7.30. The topological polar surface area (TPSA) is 107 Å². The normalized spacial score (nSPS) is 14.5. The molecule has 1 unspecified atom stereocenters. The Morgan fingerprint density at radius 1 is 1.38 bits per heavy atom. The minimum atomic E-state index is -1.58. The second-order valence-electron chi connectivity index (χ2n) is 6.57. The molecule has 2 atom stereocenters. The third-order valence-electron chi connectivity index (χ3n) is 3.47. The maximum Gasteiger partial charge on any atom is 0.258 e. The molecule has 0 heterocycles. The minimum absolute atomic E-state index is 0.0280. The van der Waals surface area contributed by atoms with E-state index in [9.17, 15) is 24.6 Å². The third-order valence-corrected chi connectivity index (χ3v) is 3.69. The first kappa shape index (κ1) is 20.9. The zero-order valence-electron chi connectivity index (χ0n) is 15.6. The lowest BCUT2D eigenvalue weighted by atomic mass is 9.86. The van der Waals surface area contributed by atoms with Crippen molar-refractivity contribution in [3.05, 3.63) is 0 Å². The predicted octanol–water partition coefficient (Wildman–Crippen LogP) is 0.203. The molecular formula is C16H30N2O5S. The van der Waals surface area contributed by atoms with E-state index in [0.717, 1.165) is 4.90 Å². The lowest BCUT2D eigenvalue weighted by Crippen LogP contribution is -2.50. The number of aliphatic hydroxyl groups excluding tert-OH is 2. The molecule has 7 nitrogen and oxygen atoms in total. The number of nitrogens with one attached hydrogen (secondary N) is 1. The minimum Gasteiger partial charge on any atom is -0.396 e. The molecule has 0 aromatic carbocycles. The molecule has 0 spiro atoms. The summed E-state index contributed by atoms with van der Waals surface area (Å²) in [6.07, 6.45) is -1.69. The summed E-state index contributed by atoms with van der Waals surface area (Å²) in [4.78, 5) is 37.5. The number of hydrogen-bond acceptors (Lipinski definition) is 6. The Balaban J connectivity index is 5.15. The van der Waals surface area contributed by atoms with Gasteiger partial charge in [0.05, 0.1) is 6.61 Å². The highest BCUT2D eigenvalue weighted by atomic mass is 32.1. The van der Waals surface area contributed by atoms with Crippen molar-refractivity contribution in [1.29, 1.82) is 0 Å². The van der Waals surface area contributed by atoms with E-state index in [1.165, 1.54) is 13.8 Å². The number of aliphatic hydroxyl groups is 2. The van der Waals surface area contributed by atoms with Crippen LogP contribution in [0.15, 0.2) is 0 Å². The van der Waals surface area contributed by atoms with Crippen LogP contribution in [0.3, 0.4) is 0 Å². The summed E-state index contributed by atoms with van der Waals surface area (Å²) in [5.41, 5.74) is -1.12. The molecule has 0 aromatic rings. The number of nitrogens with zero attached hydrogens (tertiary/aromatic N) is 1. The molecule has 3 N–H and O–H groups in total. The fourth-order valence-electron chi connectivity index (χ4n) is 1.83. The van der Waals surface area contributed by atoms with E-state index < -0.39 is 29.9 Å². The van der Waals surface area contributed by atoms with Crippen LogP contribution >= 0.6 is 12.6 Å². The van der Waals surface area contributed by atoms with Crippen LogP contribution in [0.5, 0.6) is 0 Å². The van der Waals surface area contributed by atoms with Gasteiger partial charge in [-0.15, -0.1) is 0 Å². The van der Waals surface area contributed by atoms with Gasteiger partial charge in [-0.3, -0.25) is 19.3 Å². The van der Waals surface area contributed by atoms with Crippen LogP contribution in [0.4, 0.5) is 0 Å². The second-order valence-corrected chi connectivity index (χ2v) is 7.01. The number of thiol groups is 1. The molecule has 0 aromatic heterocycles. The van der Waals surface area contributed by atoms with Crippen molar-refractivity contribution in [1.82, 2.24) is 10.2 Å². The van der Waals surface area contributed by atoms with E-state index in [4.69, 9.17) is 1.37 Å². The lowest BCUT2D eigenvalue weighted by molar-refractivity contribution is -0.156. The summed E-state index contributed by atoms with van der Waals surface area (Å²) in [5, 5.41) is 22.1. The first-order valence-corrected chi connectivity index (χ1v) is 8.53. The van der Waals surface area contributed by atoms with Gasteiger partial charge < -0.3 is 15.5 Å². The average molecular weight is 363 g/mol. The van der Waals surface area contributed by atoms with Crippen molar-refractivity contribution in [3.63, 3.8) is 0 Å². The molecule has 0 saturated heterocycles. The number of amides is 3. The Hall–Kier alpha value is -1.12. The second kappa shape index (κ2) is 10.7. The van der Waals surface area contributed by atoms with E-state index in [2.05, 4.69) is 17.9 Å². The van der Waals surface area contributed by atoms with Gasteiger partial charge in [-0.05, 0) is 5.92 Å². The fraction of sp³-hybridized carbons (Fsp3) is 0.812. The first-order valence-electron chi connectivity index (χ1n) is 8.61. The number of carbonyl (C=O) groups excluding carboxylic acids is 3. The molecule has 0 bridgehead atoms. The summed E-state index contributed by atoms with van der Waals surface area (Å²) in [6, 6.07) is 0. The Morgan fingerprint density at radius 2 is 2.00 bits per heavy atom. The number of rotatable bonds is 10. The van der Waals surface area contributed by atoms with Gasteiger partial charge in [-0.2, -0.15) is 12.6 Å². The standard InChI is InChI=1S/C16H30N2O5S/c1-11(2)9-13(21)18(7-5-12(20)17-6-8-24)15(23)14(22)16(3,4)10-19/h11,14,19,22,24H,5-10H2,1-4H3,(H,17,20)/t14-/m0/s1/i1D/t11?,14-. The van der Waals surface area contributed by atoms with Crippen LogP contribution in [0.1, 0.15) is 41.9 Å². The van der Waals surface area contributed by atoms with Crippen LogP contribution in [0, 0.1) is 11.3 Å². The third kappa shape index (κ3) is 7.63. The van der Waals surface area contributed by atoms with E-state index in [-0.39, 0.29) is 38.1 Å². The van der Waals surface area contributed by atoms with Gasteiger partial charge in [0.1, 0.15) is 6.10 Å². The zero-order chi connectivity index (χ0) is 19.6. The molecule has 0 fully saturated rings. The zero-order valence-corrected chi connectivity index (χ0v) is 15.5. The Bertz CT molecular complexity index is 462. The summed E-state index contributed by atoms with van der Waals surface area (Å²) >= 11 is 3.98. The van der Waals surface area contributed by atoms with Crippen molar-refractivity contribution >= 4 is 30.4 Å². The van der Waals surface area contributed by atoms with Gasteiger partial charge in [0.2, 0.25) is 11.8 Å². The van der Waals surface area contributed by atoms with Crippen LogP contribution in [0.2, 0.25) is 0 Å². The lowest BCUT2D eigenvalue weighted by Gasteiger charge is -2.31. The number of carbonyl (C=O) groups is 3. The van der Waals surface area contributed by atoms with E-state index in [1.54, 1.807) is 6.92 Å². The van der Waals surface area contributed by atoms with Crippen molar-refractivity contribution in [2.75, 3.05) is 25.4 Å². The Labute approximate surface area is 150 Å². The molecule has 0 radical (unpaired) electrons. The van der Waals surface area contributed by atoms with Gasteiger partial charge in [0.15, 0.2) is 0 Å². The van der Waals surface area contributed by atoms with Gasteiger partial charge >= 0.3 is 0 Å².